The zero-order valence-electron chi connectivity index (χ0n) is 10.8. The number of nitrogen functional groups attached to an aromatic ring is 1. The van der Waals surface area contributed by atoms with Gasteiger partial charge in [-0.25, -0.2) is 4.79 Å². The lowest BCUT2D eigenvalue weighted by molar-refractivity contribution is -0.143. The number of benzene rings is 1. The molecule has 0 radical (unpaired) electrons. The summed E-state index contributed by atoms with van der Waals surface area (Å²) in [5.41, 5.74) is 6.01. The van der Waals surface area contributed by atoms with Gasteiger partial charge in [-0.1, -0.05) is 13.0 Å². The predicted octanol–water partition coefficient (Wildman–Crippen LogP) is 1.56. The van der Waals surface area contributed by atoms with Crippen LogP contribution in [0.1, 0.15) is 36.2 Å². The van der Waals surface area contributed by atoms with Crippen molar-refractivity contribution in [2.24, 2.45) is 0 Å². The van der Waals surface area contributed by atoms with Crippen molar-refractivity contribution < 1.29 is 14.7 Å². The summed E-state index contributed by atoms with van der Waals surface area (Å²) in [5, 5.41) is 11.6. The van der Waals surface area contributed by atoms with Crippen LogP contribution in [0, 0.1) is 6.92 Å². The molecule has 1 aromatic carbocycles. The molecule has 0 aromatic heterocycles. The third-order valence-corrected chi connectivity index (χ3v) is 3.19. The number of amides is 1. The average molecular weight is 250 g/mol. The Hall–Kier alpha value is -2.04. The highest BCUT2D eigenvalue weighted by molar-refractivity contribution is 5.99. The molecular weight excluding hydrogens is 232 g/mol. The molecule has 0 spiro atoms. The first-order chi connectivity index (χ1) is 8.31. The van der Waals surface area contributed by atoms with Crippen LogP contribution in [0.4, 0.5) is 5.69 Å². The van der Waals surface area contributed by atoms with Gasteiger partial charge in [-0.15, -0.1) is 0 Å². The van der Waals surface area contributed by atoms with Crippen molar-refractivity contribution in [3.05, 3.63) is 29.3 Å². The number of hydrogen-bond acceptors (Lipinski definition) is 3. The van der Waals surface area contributed by atoms with E-state index in [4.69, 9.17) is 10.8 Å². The maximum absolute atomic E-state index is 12.1. The lowest BCUT2D eigenvalue weighted by atomic mass is 9.97. The molecule has 18 heavy (non-hydrogen) atoms. The Balaban J connectivity index is 3.02. The zero-order chi connectivity index (χ0) is 13.9. The molecule has 5 nitrogen and oxygen atoms in total. The number of carboxylic acids is 1. The molecule has 4 N–H and O–H groups in total. The highest BCUT2D eigenvalue weighted by atomic mass is 16.4. The third kappa shape index (κ3) is 2.61. The molecule has 0 heterocycles. The van der Waals surface area contributed by atoms with Gasteiger partial charge in [-0.3, -0.25) is 4.79 Å². The monoisotopic (exact) mass is 250 g/mol. The molecule has 1 aromatic rings. The van der Waals surface area contributed by atoms with Crippen LogP contribution < -0.4 is 11.1 Å². The van der Waals surface area contributed by atoms with Crippen molar-refractivity contribution >= 4 is 17.6 Å². The molecule has 1 rings (SSSR count). The number of rotatable bonds is 4. The SMILES string of the molecule is CCC(C)(NC(=O)c1cccc(N)c1C)C(=O)O. The fourth-order valence-electron chi connectivity index (χ4n) is 1.51. The van der Waals surface area contributed by atoms with E-state index in [1.165, 1.54) is 6.92 Å². The summed E-state index contributed by atoms with van der Waals surface area (Å²) in [6, 6.07) is 4.99. The van der Waals surface area contributed by atoms with E-state index in [-0.39, 0.29) is 0 Å². The molecule has 0 fully saturated rings. The smallest absolute Gasteiger partial charge is 0.329 e. The van der Waals surface area contributed by atoms with Gasteiger partial charge in [0.15, 0.2) is 0 Å². The van der Waals surface area contributed by atoms with E-state index in [1.54, 1.807) is 32.0 Å². The Labute approximate surface area is 106 Å². The summed E-state index contributed by atoms with van der Waals surface area (Å²) in [4.78, 5) is 23.2. The Kier molecular flexibility index (Phi) is 3.96. The predicted molar refractivity (Wildman–Crippen MR) is 69.4 cm³/mol. The topological polar surface area (TPSA) is 92.4 Å². The summed E-state index contributed by atoms with van der Waals surface area (Å²) in [5.74, 6) is -1.48. The minimum Gasteiger partial charge on any atom is -0.480 e. The Morgan fingerprint density at radius 2 is 2.06 bits per heavy atom. The molecule has 5 heteroatoms. The number of carbonyl (C=O) groups is 2. The fourth-order valence-corrected chi connectivity index (χ4v) is 1.51. The van der Waals surface area contributed by atoms with Crippen LogP contribution in [0.5, 0.6) is 0 Å². The van der Waals surface area contributed by atoms with E-state index < -0.39 is 17.4 Å². The Morgan fingerprint density at radius 3 is 2.56 bits per heavy atom. The van der Waals surface area contributed by atoms with Crippen molar-refractivity contribution in [3.8, 4) is 0 Å². The van der Waals surface area contributed by atoms with Crippen LogP contribution in [-0.4, -0.2) is 22.5 Å². The van der Waals surface area contributed by atoms with Gasteiger partial charge in [-0.05, 0) is 38.0 Å². The van der Waals surface area contributed by atoms with E-state index in [9.17, 15) is 9.59 Å². The van der Waals surface area contributed by atoms with Crippen LogP contribution in [0.25, 0.3) is 0 Å². The van der Waals surface area contributed by atoms with E-state index in [0.29, 0.717) is 23.2 Å². The molecule has 1 atom stereocenters. The Morgan fingerprint density at radius 1 is 1.44 bits per heavy atom. The molecule has 1 amide bonds. The maximum atomic E-state index is 12.1. The minimum absolute atomic E-state index is 0.301. The van der Waals surface area contributed by atoms with Crippen LogP contribution in [0.15, 0.2) is 18.2 Å². The van der Waals surface area contributed by atoms with Crippen LogP contribution in [-0.2, 0) is 4.79 Å². The zero-order valence-corrected chi connectivity index (χ0v) is 10.8. The van der Waals surface area contributed by atoms with Gasteiger partial charge in [0.1, 0.15) is 5.54 Å². The maximum Gasteiger partial charge on any atom is 0.329 e. The van der Waals surface area contributed by atoms with Gasteiger partial charge < -0.3 is 16.2 Å². The number of nitrogens with one attached hydrogen (secondary N) is 1. The van der Waals surface area contributed by atoms with Crippen molar-refractivity contribution in [3.63, 3.8) is 0 Å². The molecular formula is C13H18N2O3. The first kappa shape index (κ1) is 14.0. The van der Waals surface area contributed by atoms with Crippen molar-refractivity contribution in [1.82, 2.24) is 5.32 Å². The van der Waals surface area contributed by atoms with Gasteiger partial charge in [0.2, 0.25) is 0 Å². The van der Waals surface area contributed by atoms with Crippen molar-refractivity contribution in [2.45, 2.75) is 32.7 Å². The van der Waals surface area contributed by atoms with Gasteiger partial charge in [-0.2, -0.15) is 0 Å². The number of carboxylic acid groups (broad SMARTS) is 1. The second kappa shape index (κ2) is 5.08. The second-order valence-corrected chi connectivity index (χ2v) is 4.46. The standard InChI is InChI=1S/C13H18N2O3/c1-4-13(3,12(17)18)15-11(16)9-6-5-7-10(14)8(9)2/h5-7H,4,14H2,1-3H3,(H,15,16)(H,17,18). The van der Waals surface area contributed by atoms with Crippen molar-refractivity contribution in [2.75, 3.05) is 5.73 Å². The largest absolute Gasteiger partial charge is 0.480 e. The number of anilines is 1. The normalized spacial score (nSPS) is 13.7. The summed E-state index contributed by atoms with van der Waals surface area (Å²) in [6.45, 7) is 4.92. The van der Waals surface area contributed by atoms with Crippen LogP contribution >= 0.6 is 0 Å². The summed E-state index contributed by atoms with van der Waals surface area (Å²) in [6.07, 6.45) is 0.301. The van der Waals surface area contributed by atoms with E-state index in [1.807, 2.05) is 0 Å². The highest BCUT2D eigenvalue weighted by Gasteiger charge is 2.33. The Bertz CT molecular complexity index is 485. The van der Waals surface area contributed by atoms with Crippen LogP contribution in [0.3, 0.4) is 0 Å². The molecule has 0 aliphatic carbocycles. The summed E-state index contributed by atoms with van der Waals surface area (Å²) in [7, 11) is 0. The quantitative estimate of drug-likeness (QED) is 0.707. The molecule has 0 aliphatic heterocycles. The molecule has 0 aliphatic rings. The molecule has 1 unspecified atom stereocenters. The lowest BCUT2D eigenvalue weighted by Crippen LogP contribution is -2.51. The molecule has 0 saturated carbocycles. The minimum atomic E-state index is -1.27. The fraction of sp³-hybridized carbons (Fsp3) is 0.385. The van der Waals surface area contributed by atoms with Gasteiger partial charge in [0.25, 0.3) is 5.91 Å². The van der Waals surface area contributed by atoms with E-state index in [0.717, 1.165) is 0 Å². The first-order valence-corrected chi connectivity index (χ1v) is 5.73. The lowest BCUT2D eigenvalue weighted by Gasteiger charge is -2.25. The average Bonchev–Trinajstić information content (AvgIpc) is 2.32. The third-order valence-electron chi connectivity index (χ3n) is 3.19. The van der Waals surface area contributed by atoms with Crippen molar-refractivity contribution in [1.29, 1.82) is 0 Å². The van der Waals surface area contributed by atoms with Crippen LogP contribution in [0.2, 0.25) is 0 Å². The number of aliphatic carboxylic acids is 1. The number of carbonyl (C=O) groups excluding carboxylic acids is 1. The second-order valence-electron chi connectivity index (χ2n) is 4.46. The first-order valence-electron chi connectivity index (χ1n) is 5.73. The summed E-state index contributed by atoms with van der Waals surface area (Å²) < 4.78 is 0. The van der Waals surface area contributed by atoms with Gasteiger partial charge in [0.05, 0.1) is 0 Å². The highest BCUT2D eigenvalue weighted by Crippen LogP contribution is 2.17. The van der Waals surface area contributed by atoms with Gasteiger partial charge in [0, 0.05) is 11.3 Å². The van der Waals surface area contributed by atoms with Gasteiger partial charge >= 0.3 is 5.97 Å². The van der Waals surface area contributed by atoms with E-state index in [2.05, 4.69) is 5.32 Å². The molecule has 98 valence electrons. The number of nitrogens with two attached hydrogens (primary N) is 1. The van der Waals surface area contributed by atoms with E-state index >= 15 is 0 Å². The molecule has 0 bridgehead atoms. The molecule has 0 saturated heterocycles. The summed E-state index contributed by atoms with van der Waals surface area (Å²) >= 11 is 0. The number of hydrogen-bond donors (Lipinski definition) is 3.